The molecule has 1 aromatic carbocycles. The van der Waals surface area contributed by atoms with Crippen molar-refractivity contribution >= 4 is 20.9 Å². The van der Waals surface area contributed by atoms with E-state index in [0.717, 1.165) is 16.7 Å². The standard InChI is InChI=1S/C19H24N4O3S/c1-14(2)22-12-19(21-13-22)27(24,25)23-10-7-15(8-11-23)26-18-5-3-4-17-16(18)6-9-20-17/h3-6,9,12-15,20H,7-8,10-11H2,1-2H3. The number of ether oxygens (including phenoxy) is 1. The monoisotopic (exact) mass is 388 g/mol. The normalized spacial score (nSPS) is 17.0. The third kappa shape index (κ3) is 3.46. The van der Waals surface area contributed by atoms with Crippen LogP contribution in [0.3, 0.4) is 0 Å². The number of H-pyrrole nitrogens is 1. The number of fused-ring (bicyclic) bond motifs is 1. The Balaban J connectivity index is 1.43. The van der Waals surface area contributed by atoms with E-state index in [1.807, 2.05) is 44.3 Å². The SMILES string of the molecule is CC(C)n1cnc(S(=O)(=O)N2CCC(Oc3cccc4[nH]ccc34)CC2)c1. The van der Waals surface area contributed by atoms with Gasteiger partial charge in [0.05, 0.1) is 6.33 Å². The first kappa shape index (κ1) is 18.1. The summed E-state index contributed by atoms with van der Waals surface area (Å²) in [6.45, 7) is 4.85. The summed E-state index contributed by atoms with van der Waals surface area (Å²) in [6.07, 6.45) is 6.39. The molecule has 4 rings (SSSR count). The molecule has 1 N–H and O–H groups in total. The van der Waals surface area contributed by atoms with Gasteiger partial charge in [-0.05, 0) is 44.9 Å². The van der Waals surface area contributed by atoms with Gasteiger partial charge in [0.15, 0.2) is 5.03 Å². The molecule has 27 heavy (non-hydrogen) atoms. The number of imidazole rings is 1. The third-order valence-corrected chi connectivity index (χ3v) is 6.81. The molecule has 8 heteroatoms. The molecule has 2 aromatic heterocycles. The lowest BCUT2D eigenvalue weighted by Gasteiger charge is -2.31. The minimum atomic E-state index is -3.56. The summed E-state index contributed by atoms with van der Waals surface area (Å²) in [6, 6.07) is 8.09. The second-order valence-electron chi connectivity index (χ2n) is 7.17. The van der Waals surface area contributed by atoms with E-state index in [4.69, 9.17) is 4.74 Å². The summed E-state index contributed by atoms with van der Waals surface area (Å²) >= 11 is 0. The molecule has 1 aliphatic rings. The highest BCUT2D eigenvalue weighted by atomic mass is 32.2. The third-order valence-electron chi connectivity index (χ3n) is 5.03. The largest absolute Gasteiger partial charge is 0.490 e. The maximum Gasteiger partial charge on any atom is 0.262 e. The van der Waals surface area contributed by atoms with Crippen molar-refractivity contribution in [3.8, 4) is 5.75 Å². The zero-order valence-corrected chi connectivity index (χ0v) is 16.3. The molecule has 1 saturated heterocycles. The molecule has 3 aromatic rings. The van der Waals surface area contributed by atoms with Gasteiger partial charge in [-0.15, -0.1) is 0 Å². The molecule has 0 atom stereocenters. The molecule has 0 spiro atoms. The van der Waals surface area contributed by atoms with Crippen LogP contribution in [0.15, 0.2) is 48.0 Å². The fourth-order valence-corrected chi connectivity index (χ4v) is 4.79. The highest BCUT2D eigenvalue weighted by molar-refractivity contribution is 7.89. The molecule has 0 bridgehead atoms. The van der Waals surface area contributed by atoms with Crippen molar-refractivity contribution in [3.05, 3.63) is 43.0 Å². The predicted octanol–water partition coefficient (Wildman–Crippen LogP) is 3.18. The number of nitrogens with one attached hydrogen (secondary N) is 1. The Morgan fingerprint density at radius 3 is 2.70 bits per heavy atom. The highest BCUT2D eigenvalue weighted by Gasteiger charge is 2.32. The number of piperidine rings is 1. The molecule has 0 amide bonds. The average Bonchev–Trinajstić information content (AvgIpc) is 3.32. The minimum Gasteiger partial charge on any atom is -0.490 e. The lowest BCUT2D eigenvalue weighted by atomic mass is 10.1. The fraction of sp³-hybridized carbons (Fsp3) is 0.421. The molecule has 0 saturated carbocycles. The first-order chi connectivity index (χ1) is 12.9. The molecular weight excluding hydrogens is 364 g/mol. The number of nitrogens with zero attached hydrogens (tertiary/aromatic N) is 3. The molecule has 0 unspecified atom stereocenters. The molecule has 3 heterocycles. The number of benzene rings is 1. The predicted molar refractivity (Wildman–Crippen MR) is 103 cm³/mol. The zero-order valence-electron chi connectivity index (χ0n) is 15.5. The van der Waals surface area contributed by atoms with Crippen molar-refractivity contribution in [3.63, 3.8) is 0 Å². The van der Waals surface area contributed by atoms with Gasteiger partial charge in [0, 0.05) is 42.4 Å². The quantitative estimate of drug-likeness (QED) is 0.728. The first-order valence-electron chi connectivity index (χ1n) is 9.21. The Labute approximate surface area is 159 Å². The molecule has 0 aliphatic carbocycles. The number of aromatic amines is 1. The Morgan fingerprint density at radius 1 is 1.22 bits per heavy atom. The van der Waals surface area contributed by atoms with Crippen molar-refractivity contribution in [2.24, 2.45) is 0 Å². The topological polar surface area (TPSA) is 80.2 Å². The molecule has 1 aliphatic heterocycles. The van der Waals surface area contributed by atoms with Gasteiger partial charge in [0.2, 0.25) is 0 Å². The van der Waals surface area contributed by atoms with E-state index >= 15 is 0 Å². The van der Waals surface area contributed by atoms with E-state index in [2.05, 4.69) is 9.97 Å². The Hall–Kier alpha value is -2.32. The van der Waals surface area contributed by atoms with E-state index in [1.54, 1.807) is 17.1 Å². The molecule has 0 radical (unpaired) electrons. The van der Waals surface area contributed by atoms with E-state index in [9.17, 15) is 8.42 Å². The van der Waals surface area contributed by atoms with Crippen LogP contribution >= 0.6 is 0 Å². The summed E-state index contributed by atoms with van der Waals surface area (Å²) in [5, 5.41) is 1.17. The smallest absolute Gasteiger partial charge is 0.262 e. The summed E-state index contributed by atoms with van der Waals surface area (Å²) in [5.41, 5.74) is 1.04. The van der Waals surface area contributed by atoms with Crippen LogP contribution in [0.2, 0.25) is 0 Å². The van der Waals surface area contributed by atoms with Crippen LogP contribution in [-0.2, 0) is 10.0 Å². The van der Waals surface area contributed by atoms with Crippen LogP contribution in [-0.4, -0.2) is 46.5 Å². The maximum atomic E-state index is 12.8. The van der Waals surface area contributed by atoms with Crippen LogP contribution in [0.1, 0.15) is 32.7 Å². The Morgan fingerprint density at radius 2 is 2.00 bits per heavy atom. The van der Waals surface area contributed by atoms with Crippen molar-refractivity contribution < 1.29 is 13.2 Å². The van der Waals surface area contributed by atoms with Gasteiger partial charge < -0.3 is 14.3 Å². The number of hydrogen-bond acceptors (Lipinski definition) is 4. The van der Waals surface area contributed by atoms with E-state index in [-0.39, 0.29) is 17.2 Å². The second kappa shape index (κ2) is 7.01. The van der Waals surface area contributed by atoms with Crippen LogP contribution in [0.4, 0.5) is 0 Å². The summed E-state index contributed by atoms with van der Waals surface area (Å²) in [4.78, 5) is 7.27. The number of hydrogen-bond donors (Lipinski definition) is 1. The summed E-state index contributed by atoms with van der Waals surface area (Å²) in [7, 11) is -3.56. The molecule has 7 nitrogen and oxygen atoms in total. The van der Waals surface area contributed by atoms with Gasteiger partial charge in [-0.3, -0.25) is 0 Å². The van der Waals surface area contributed by atoms with E-state index in [1.165, 1.54) is 4.31 Å². The van der Waals surface area contributed by atoms with Crippen LogP contribution in [0, 0.1) is 0 Å². The second-order valence-corrected chi connectivity index (χ2v) is 9.05. The van der Waals surface area contributed by atoms with Gasteiger partial charge in [-0.1, -0.05) is 6.07 Å². The number of aromatic nitrogens is 3. The van der Waals surface area contributed by atoms with E-state index < -0.39 is 10.0 Å². The van der Waals surface area contributed by atoms with Gasteiger partial charge >= 0.3 is 0 Å². The Kier molecular flexibility index (Phi) is 4.69. The molecule has 144 valence electrons. The number of rotatable bonds is 5. The molecule has 1 fully saturated rings. The van der Waals surface area contributed by atoms with Gasteiger partial charge in [0.1, 0.15) is 11.9 Å². The van der Waals surface area contributed by atoms with Crippen LogP contribution < -0.4 is 4.74 Å². The van der Waals surface area contributed by atoms with Crippen LogP contribution in [0.25, 0.3) is 10.9 Å². The van der Waals surface area contributed by atoms with Crippen LogP contribution in [0.5, 0.6) is 5.75 Å². The molecular formula is C19H24N4O3S. The lowest BCUT2D eigenvalue weighted by molar-refractivity contribution is 0.136. The van der Waals surface area contributed by atoms with Gasteiger partial charge in [-0.25, -0.2) is 13.4 Å². The lowest BCUT2D eigenvalue weighted by Crippen LogP contribution is -2.41. The summed E-state index contributed by atoms with van der Waals surface area (Å²) < 4.78 is 35.2. The number of sulfonamides is 1. The minimum absolute atomic E-state index is 0.00479. The van der Waals surface area contributed by atoms with Crippen molar-refractivity contribution in [1.82, 2.24) is 18.8 Å². The van der Waals surface area contributed by atoms with Crippen molar-refractivity contribution in [2.45, 2.75) is 43.9 Å². The Bertz CT molecular complexity index is 1030. The average molecular weight is 388 g/mol. The van der Waals surface area contributed by atoms with Crippen molar-refractivity contribution in [1.29, 1.82) is 0 Å². The maximum absolute atomic E-state index is 12.8. The summed E-state index contributed by atoms with van der Waals surface area (Å²) in [5.74, 6) is 0.839. The van der Waals surface area contributed by atoms with Gasteiger partial charge in [-0.2, -0.15) is 4.31 Å². The highest BCUT2D eigenvalue weighted by Crippen LogP contribution is 2.28. The zero-order chi connectivity index (χ0) is 19.0. The fourth-order valence-electron chi connectivity index (χ4n) is 3.39. The van der Waals surface area contributed by atoms with E-state index in [0.29, 0.717) is 25.9 Å². The van der Waals surface area contributed by atoms with Crippen molar-refractivity contribution in [2.75, 3.05) is 13.1 Å². The van der Waals surface area contributed by atoms with Gasteiger partial charge in [0.25, 0.3) is 10.0 Å². The first-order valence-corrected chi connectivity index (χ1v) is 10.7.